The molecule has 3 aliphatic rings. The van der Waals surface area contributed by atoms with Crippen LogP contribution in [0.4, 0.5) is 4.79 Å². The molecule has 0 saturated carbocycles. The van der Waals surface area contributed by atoms with E-state index in [1.165, 1.54) is 0 Å². The largest absolute Gasteiger partial charge is 0.323 e. The molecule has 3 saturated heterocycles. The predicted octanol–water partition coefficient (Wildman–Crippen LogP) is -0.179. The molecule has 3 amide bonds. The normalized spacial score (nSPS) is 44.6. The van der Waals surface area contributed by atoms with Gasteiger partial charge in [-0.2, -0.15) is 0 Å². The minimum absolute atomic E-state index is 0.127. The third kappa shape index (κ3) is 1.13. The van der Waals surface area contributed by atoms with Crippen LogP contribution in [-0.4, -0.2) is 41.5 Å². The van der Waals surface area contributed by atoms with Gasteiger partial charge in [-0.05, 0) is 32.7 Å². The molecule has 0 aromatic rings. The number of fused-ring (bicyclic) bond motifs is 2. The Kier molecular flexibility index (Phi) is 1.66. The second kappa shape index (κ2) is 2.72. The van der Waals surface area contributed by atoms with Gasteiger partial charge in [0.15, 0.2) is 0 Å². The van der Waals surface area contributed by atoms with Gasteiger partial charge in [0.05, 0.1) is 0 Å². The van der Waals surface area contributed by atoms with Crippen LogP contribution in [-0.2, 0) is 4.79 Å². The van der Waals surface area contributed by atoms with Gasteiger partial charge in [-0.15, -0.1) is 0 Å². The number of hydrogen-bond acceptors (Lipinski definition) is 3. The van der Waals surface area contributed by atoms with Crippen LogP contribution in [0.5, 0.6) is 0 Å². The van der Waals surface area contributed by atoms with E-state index in [1.807, 2.05) is 0 Å². The number of nitrogens with one attached hydrogen (secondary N) is 2. The molecule has 0 aromatic carbocycles. The van der Waals surface area contributed by atoms with Gasteiger partial charge in [-0.1, -0.05) is 0 Å². The lowest BCUT2D eigenvalue weighted by molar-refractivity contribution is -0.126. The van der Waals surface area contributed by atoms with Gasteiger partial charge >= 0.3 is 6.03 Å². The summed E-state index contributed by atoms with van der Waals surface area (Å²) in [6.07, 6.45) is 3.81. The topological polar surface area (TPSA) is 61.4 Å². The van der Waals surface area contributed by atoms with Crippen molar-refractivity contribution in [1.82, 2.24) is 15.5 Å². The second-order valence-corrected chi connectivity index (χ2v) is 4.95. The predicted molar refractivity (Wildman–Crippen MR) is 53.2 cm³/mol. The summed E-state index contributed by atoms with van der Waals surface area (Å²) < 4.78 is 0. The summed E-state index contributed by atoms with van der Waals surface area (Å²) in [4.78, 5) is 25.3. The number of imide groups is 1. The van der Waals surface area contributed by atoms with Crippen molar-refractivity contribution in [2.24, 2.45) is 0 Å². The summed E-state index contributed by atoms with van der Waals surface area (Å²) in [5.74, 6) is -0.127. The van der Waals surface area contributed by atoms with Gasteiger partial charge < -0.3 is 10.2 Å². The molecule has 5 heteroatoms. The molecule has 2 N–H and O–H groups in total. The van der Waals surface area contributed by atoms with Crippen molar-refractivity contribution < 1.29 is 9.59 Å². The lowest BCUT2D eigenvalue weighted by atomic mass is 9.83. The summed E-state index contributed by atoms with van der Waals surface area (Å²) in [6.45, 7) is 0. The number of urea groups is 1. The third-order valence-corrected chi connectivity index (χ3v) is 4.17. The minimum Gasteiger partial charge on any atom is -0.323 e. The van der Waals surface area contributed by atoms with E-state index in [1.54, 1.807) is 0 Å². The van der Waals surface area contributed by atoms with Crippen LogP contribution in [0.3, 0.4) is 0 Å². The van der Waals surface area contributed by atoms with Gasteiger partial charge in [-0.3, -0.25) is 10.1 Å². The number of amides is 3. The van der Waals surface area contributed by atoms with Crippen molar-refractivity contribution in [1.29, 1.82) is 0 Å². The highest BCUT2D eigenvalue weighted by Crippen LogP contribution is 2.40. The summed E-state index contributed by atoms with van der Waals surface area (Å²) in [5, 5.41) is 5.17. The Morgan fingerprint density at radius 2 is 1.87 bits per heavy atom. The molecule has 2 bridgehead atoms. The summed E-state index contributed by atoms with van der Waals surface area (Å²) >= 11 is 0. The first-order chi connectivity index (χ1) is 7.11. The molecule has 3 rings (SSSR count). The van der Waals surface area contributed by atoms with Crippen LogP contribution < -0.4 is 10.6 Å². The lowest BCUT2D eigenvalue weighted by Gasteiger charge is -2.40. The maximum Gasteiger partial charge on any atom is 0.322 e. The number of rotatable bonds is 0. The zero-order chi connectivity index (χ0) is 10.6. The first-order valence-corrected chi connectivity index (χ1v) is 5.46. The fourth-order valence-electron chi connectivity index (χ4n) is 3.29. The molecule has 2 atom stereocenters. The molecule has 2 unspecified atom stereocenters. The van der Waals surface area contributed by atoms with Crippen LogP contribution in [0.1, 0.15) is 25.7 Å². The molecule has 15 heavy (non-hydrogen) atoms. The van der Waals surface area contributed by atoms with E-state index in [0.29, 0.717) is 12.1 Å². The molecule has 3 heterocycles. The Balaban J connectivity index is 1.90. The molecule has 1 spiro atoms. The van der Waals surface area contributed by atoms with Crippen LogP contribution in [0.2, 0.25) is 0 Å². The van der Waals surface area contributed by atoms with E-state index in [2.05, 4.69) is 22.6 Å². The Morgan fingerprint density at radius 3 is 2.33 bits per heavy atom. The van der Waals surface area contributed by atoms with Gasteiger partial charge in [0.1, 0.15) is 5.54 Å². The number of hydrogen-bond donors (Lipinski definition) is 2. The van der Waals surface area contributed by atoms with Crippen LogP contribution in [0.25, 0.3) is 0 Å². The van der Waals surface area contributed by atoms with Crippen LogP contribution in [0, 0.1) is 0 Å². The summed E-state index contributed by atoms with van der Waals surface area (Å²) in [5.41, 5.74) is -0.602. The SMILES string of the molecule is CN1C2CCC1CC1(C2)NC(=O)NC1=O. The van der Waals surface area contributed by atoms with Gasteiger partial charge in [-0.25, -0.2) is 4.79 Å². The Morgan fingerprint density at radius 1 is 1.27 bits per heavy atom. The first kappa shape index (κ1) is 9.15. The molecule has 5 nitrogen and oxygen atoms in total. The van der Waals surface area contributed by atoms with Crippen molar-refractivity contribution in [3.8, 4) is 0 Å². The standard InChI is InChI=1S/C10H15N3O2/c1-13-6-2-3-7(13)5-10(4-6)8(14)11-9(15)12-10/h6-7H,2-5H2,1H3,(H2,11,12,14,15). The van der Waals surface area contributed by atoms with E-state index in [-0.39, 0.29) is 11.9 Å². The van der Waals surface area contributed by atoms with Crippen LogP contribution >= 0.6 is 0 Å². The monoisotopic (exact) mass is 209 g/mol. The fourth-order valence-corrected chi connectivity index (χ4v) is 3.29. The van der Waals surface area contributed by atoms with Crippen LogP contribution in [0.15, 0.2) is 0 Å². The highest BCUT2D eigenvalue weighted by Gasteiger charge is 2.54. The Hall–Kier alpha value is -1.10. The zero-order valence-corrected chi connectivity index (χ0v) is 8.75. The summed E-state index contributed by atoms with van der Waals surface area (Å²) in [7, 11) is 2.11. The fraction of sp³-hybridized carbons (Fsp3) is 0.800. The molecule has 3 aliphatic heterocycles. The van der Waals surface area contributed by atoms with Crippen molar-refractivity contribution in [3.05, 3.63) is 0 Å². The molecule has 0 radical (unpaired) electrons. The number of piperidine rings is 1. The molecule has 0 aromatic heterocycles. The van der Waals surface area contributed by atoms with E-state index in [0.717, 1.165) is 25.7 Å². The van der Waals surface area contributed by atoms with E-state index in [4.69, 9.17) is 0 Å². The van der Waals surface area contributed by atoms with Crippen molar-refractivity contribution in [2.45, 2.75) is 43.3 Å². The van der Waals surface area contributed by atoms with Gasteiger partial charge in [0, 0.05) is 12.1 Å². The average molecular weight is 209 g/mol. The highest BCUT2D eigenvalue weighted by atomic mass is 16.2. The summed E-state index contributed by atoms with van der Waals surface area (Å²) in [6, 6.07) is 0.574. The number of carbonyl (C=O) groups excluding carboxylic acids is 2. The molecular weight excluding hydrogens is 194 g/mol. The third-order valence-electron chi connectivity index (χ3n) is 4.17. The van der Waals surface area contributed by atoms with Crippen molar-refractivity contribution in [2.75, 3.05) is 7.05 Å². The van der Waals surface area contributed by atoms with Gasteiger partial charge in [0.25, 0.3) is 5.91 Å². The van der Waals surface area contributed by atoms with Crippen molar-refractivity contribution in [3.63, 3.8) is 0 Å². The van der Waals surface area contributed by atoms with Gasteiger partial charge in [0.2, 0.25) is 0 Å². The average Bonchev–Trinajstić information content (AvgIpc) is 2.56. The molecular formula is C10H15N3O2. The Bertz CT molecular complexity index is 328. The maximum absolute atomic E-state index is 11.8. The van der Waals surface area contributed by atoms with E-state index < -0.39 is 5.54 Å². The van der Waals surface area contributed by atoms with Crippen molar-refractivity contribution >= 4 is 11.9 Å². The second-order valence-electron chi connectivity index (χ2n) is 4.95. The number of carbonyl (C=O) groups is 2. The zero-order valence-electron chi connectivity index (χ0n) is 8.75. The minimum atomic E-state index is -0.602. The number of nitrogens with zero attached hydrogens (tertiary/aromatic N) is 1. The Labute approximate surface area is 88.2 Å². The highest BCUT2D eigenvalue weighted by molar-refractivity contribution is 6.07. The first-order valence-electron chi connectivity index (χ1n) is 5.46. The quantitative estimate of drug-likeness (QED) is 0.544. The molecule has 82 valence electrons. The lowest BCUT2D eigenvalue weighted by Crippen LogP contribution is -2.58. The maximum atomic E-state index is 11.8. The van der Waals surface area contributed by atoms with E-state index in [9.17, 15) is 9.59 Å². The molecule has 3 fully saturated rings. The smallest absolute Gasteiger partial charge is 0.322 e. The van der Waals surface area contributed by atoms with E-state index >= 15 is 0 Å². The molecule has 0 aliphatic carbocycles.